The van der Waals surface area contributed by atoms with E-state index in [4.69, 9.17) is 5.11 Å². The summed E-state index contributed by atoms with van der Waals surface area (Å²) in [6.07, 6.45) is 4.22. The van der Waals surface area contributed by atoms with Crippen LogP contribution in [0.25, 0.3) is 16.5 Å². The Bertz CT molecular complexity index is 1650. The molecule has 0 saturated heterocycles. The number of anilines is 2. The number of carbonyl (C=O) groups excluding carboxylic acids is 2. The third kappa shape index (κ3) is 7.00. The number of nitrogens with zero attached hydrogens (tertiary/aromatic N) is 1. The number of carbonyl (C=O) groups is 3. The Balaban J connectivity index is 1.43. The highest BCUT2D eigenvalue weighted by atomic mass is 32.2. The fourth-order valence-corrected chi connectivity index (χ4v) is 6.16. The van der Waals surface area contributed by atoms with Gasteiger partial charge < -0.3 is 15.7 Å². The number of benzene rings is 2. The molecule has 2 aromatic carbocycles. The maximum absolute atomic E-state index is 13.2. The van der Waals surface area contributed by atoms with Crippen molar-refractivity contribution in [3.05, 3.63) is 96.3 Å². The molecule has 0 radical (unpaired) electrons. The van der Waals surface area contributed by atoms with Gasteiger partial charge in [-0.05, 0) is 53.1 Å². The molecule has 0 spiro atoms. The highest BCUT2D eigenvalue weighted by Gasteiger charge is 2.19. The van der Waals surface area contributed by atoms with Crippen LogP contribution in [0.1, 0.15) is 18.1 Å². The van der Waals surface area contributed by atoms with Gasteiger partial charge >= 0.3 is 6.09 Å². The maximum atomic E-state index is 13.2. The summed E-state index contributed by atoms with van der Waals surface area (Å²) in [4.78, 5) is 35.2. The predicted molar refractivity (Wildman–Crippen MR) is 150 cm³/mol. The van der Waals surface area contributed by atoms with Crippen LogP contribution >= 0.6 is 11.3 Å². The molecule has 200 valence electrons. The van der Waals surface area contributed by atoms with E-state index in [0.717, 1.165) is 31.3 Å². The molecule has 2 aromatic heterocycles. The van der Waals surface area contributed by atoms with Crippen molar-refractivity contribution >= 4 is 56.7 Å². The number of para-hydroxylation sites is 2. The van der Waals surface area contributed by atoms with E-state index in [9.17, 15) is 22.8 Å². The van der Waals surface area contributed by atoms with Crippen LogP contribution in [0, 0.1) is 0 Å². The summed E-state index contributed by atoms with van der Waals surface area (Å²) in [6.45, 7) is 1.87. The van der Waals surface area contributed by atoms with E-state index in [1.807, 2.05) is 24.3 Å². The zero-order valence-electron chi connectivity index (χ0n) is 20.6. The lowest BCUT2D eigenvalue weighted by molar-refractivity contribution is -0.119. The second-order valence-corrected chi connectivity index (χ2v) is 11.5. The molecule has 0 fully saturated rings. The topological polar surface area (TPSA) is 147 Å². The van der Waals surface area contributed by atoms with Crippen LogP contribution in [-0.4, -0.2) is 35.4 Å². The van der Waals surface area contributed by atoms with Gasteiger partial charge in [0.2, 0.25) is 11.8 Å². The van der Waals surface area contributed by atoms with Gasteiger partial charge in [-0.3, -0.25) is 14.9 Å². The Labute approximate surface area is 228 Å². The number of aromatic nitrogens is 1. The predicted octanol–water partition coefficient (Wildman–Crippen LogP) is 4.83. The summed E-state index contributed by atoms with van der Waals surface area (Å²) in [6, 6.07) is 18.7. The zero-order valence-corrected chi connectivity index (χ0v) is 22.3. The Kier molecular flexibility index (Phi) is 8.27. The van der Waals surface area contributed by atoms with Gasteiger partial charge in [0.1, 0.15) is 4.21 Å². The Morgan fingerprint density at radius 3 is 2.31 bits per heavy atom. The molecule has 3 amide bonds. The SMILES string of the molecule is CC(=O)NCc1ccc(-c2ccc(S(=O)(=O)n3ccc(C=CC(=O)Nc4ccccc4NC(=O)O)c3)s2)cc1. The number of thiophene rings is 1. The molecule has 0 bridgehead atoms. The zero-order chi connectivity index (χ0) is 28.0. The number of hydrogen-bond donors (Lipinski definition) is 4. The van der Waals surface area contributed by atoms with Gasteiger partial charge in [-0.15, -0.1) is 11.3 Å². The largest absolute Gasteiger partial charge is 0.465 e. The summed E-state index contributed by atoms with van der Waals surface area (Å²) in [5.74, 6) is -0.633. The summed E-state index contributed by atoms with van der Waals surface area (Å²) in [5, 5.41) is 16.5. The Morgan fingerprint density at radius 2 is 1.64 bits per heavy atom. The van der Waals surface area contributed by atoms with Crippen LogP contribution in [0.15, 0.2) is 89.4 Å². The van der Waals surface area contributed by atoms with E-state index in [1.54, 1.807) is 36.4 Å². The number of amides is 3. The number of carboxylic acid groups (broad SMARTS) is 1. The van der Waals surface area contributed by atoms with Crippen molar-refractivity contribution in [3.8, 4) is 10.4 Å². The van der Waals surface area contributed by atoms with Crippen LogP contribution in [-0.2, 0) is 26.2 Å². The highest BCUT2D eigenvalue weighted by Crippen LogP contribution is 2.32. The van der Waals surface area contributed by atoms with Crippen molar-refractivity contribution in [1.82, 2.24) is 9.29 Å². The molecule has 39 heavy (non-hydrogen) atoms. The van der Waals surface area contributed by atoms with E-state index in [2.05, 4.69) is 16.0 Å². The van der Waals surface area contributed by atoms with Gasteiger partial charge in [-0.2, -0.15) is 8.42 Å². The third-order valence-corrected chi connectivity index (χ3v) is 8.67. The minimum atomic E-state index is -3.85. The molecule has 0 unspecified atom stereocenters. The van der Waals surface area contributed by atoms with Crippen molar-refractivity contribution in [2.45, 2.75) is 17.7 Å². The van der Waals surface area contributed by atoms with Gasteiger partial charge in [-0.1, -0.05) is 36.4 Å². The summed E-state index contributed by atoms with van der Waals surface area (Å²) < 4.78 is 27.6. The average Bonchev–Trinajstić information content (AvgIpc) is 3.59. The van der Waals surface area contributed by atoms with E-state index < -0.39 is 22.0 Å². The summed E-state index contributed by atoms with van der Waals surface area (Å²) >= 11 is 1.14. The number of rotatable bonds is 9. The molecule has 0 aliphatic rings. The molecule has 0 saturated carbocycles. The Hall–Kier alpha value is -4.68. The standard InChI is InChI=1S/C27H24N4O6S2/c1-18(32)28-16-19-6-9-21(10-7-19)24-11-13-26(38-24)39(36,37)31-15-14-20(17-31)8-12-25(33)29-22-4-2-3-5-23(22)30-27(34)35/h2-15,17,30H,16H2,1H3,(H,28,32)(H,29,33)(H,34,35). The third-order valence-electron chi connectivity index (χ3n) is 5.44. The second-order valence-electron chi connectivity index (χ2n) is 8.30. The first-order valence-electron chi connectivity index (χ1n) is 11.6. The molecular weight excluding hydrogens is 540 g/mol. The smallest absolute Gasteiger partial charge is 0.409 e. The lowest BCUT2D eigenvalue weighted by atomic mass is 10.1. The molecule has 12 heteroatoms. The van der Waals surface area contributed by atoms with Crippen LogP contribution in [0.3, 0.4) is 0 Å². The van der Waals surface area contributed by atoms with Crippen molar-refractivity contribution in [1.29, 1.82) is 0 Å². The fourth-order valence-electron chi connectivity index (χ4n) is 3.53. The Morgan fingerprint density at radius 1 is 0.949 bits per heavy atom. The first kappa shape index (κ1) is 27.4. The number of nitrogens with one attached hydrogen (secondary N) is 3. The number of hydrogen-bond acceptors (Lipinski definition) is 6. The molecule has 4 aromatic rings. The molecule has 0 atom stereocenters. The molecule has 0 aliphatic heterocycles. The van der Waals surface area contributed by atoms with Crippen molar-refractivity contribution in [2.24, 2.45) is 0 Å². The molecule has 2 heterocycles. The quantitative estimate of drug-likeness (QED) is 0.214. The maximum Gasteiger partial charge on any atom is 0.409 e. The van der Waals surface area contributed by atoms with E-state index in [1.165, 1.54) is 37.5 Å². The van der Waals surface area contributed by atoms with Crippen LogP contribution in [0.5, 0.6) is 0 Å². The summed E-state index contributed by atoms with van der Waals surface area (Å²) in [5.41, 5.74) is 2.78. The van der Waals surface area contributed by atoms with Gasteiger partial charge in [-0.25, -0.2) is 8.77 Å². The molecule has 4 rings (SSSR count). The van der Waals surface area contributed by atoms with Crippen molar-refractivity contribution in [2.75, 3.05) is 10.6 Å². The molecule has 0 aliphatic carbocycles. The minimum Gasteiger partial charge on any atom is -0.465 e. The van der Waals surface area contributed by atoms with Crippen molar-refractivity contribution < 1.29 is 27.9 Å². The normalized spacial score (nSPS) is 11.3. The molecular formula is C27H24N4O6S2. The van der Waals surface area contributed by atoms with Gasteiger partial charge in [0.15, 0.2) is 0 Å². The lowest BCUT2D eigenvalue weighted by Gasteiger charge is -2.08. The van der Waals surface area contributed by atoms with Gasteiger partial charge in [0.25, 0.3) is 10.0 Å². The van der Waals surface area contributed by atoms with E-state index in [0.29, 0.717) is 12.1 Å². The van der Waals surface area contributed by atoms with E-state index in [-0.39, 0.29) is 21.5 Å². The first-order chi connectivity index (χ1) is 18.6. The monoisotopic (exact) mass is 564 g/mol. The van der Waals surface area contributed by atoms with Crippen LogP contribution in [0.4, 0.5) is 16.2 Å². The van der Waals surface area contributed by atoms with Crippen LogP contribution < -0.4 is 16.0 Å². The molecule has 10 nitrogen and oxygen atoms in total. The van der Waals surface area contributed by atoms with Gasteiger partial charge in [0.05, 0.1) is 11.4 Å². The van der Waals surface area contributed by atoms with Crippen LogP contribution in [0.2, 0.25) is 0 Å². The average molecular weight is 565 g/mol. The first-order valence-corrected chi connectivity index (χ1v) is 13.8. The highest BCUT2D eigenvalue weighted by molar-refractivity contribution is 7.92. The van der Waals surface area contributed by atoms with Crippen molar-refractivity contribution in [3.63, 3.8) is 0 Å². The lowest BCUT2D eigenvalue weighted by Crippen LogP contribution is -2.18. The van der Waals surface area contributed by atoms with Gasteiger partial charge in [0, 0.05) is 36.8 Å². The fraction of sp³-hybridized carbons (Fsp3) is 0.0741. The summed E-state index contributed by atoms with van der Waals surface area (Å²) in [7, 11) is -3.85. The second kappa shape index (κ2) is 11.8. The molecule has 4 N–H and O–H groups in total. The minimum absolute atomic E-state index is 0.115. The van der Waals surface area contributed by atoms with E-state index >= 15 is 0 Å².